The Morgan fingerprint density at radius 3 is 2.32 bits per heavy atom. The fraction of sp³-hybridized carbons (Fsp3) is 0.167. The first-order valence-corrected chi connectivity index (χ1v) is 7.02. The molecule has 112 valence electrons. The summed E-state index contributed by atoms with van der Waals surface area (Å²) in [6, 6.07) is 14.5. The number of rotatable bonds is 6. The third-order valence-corrected chi connectivity index (χ3v) is 3.10. The normalized spacial score (nSPS) is 9.77. The molecule has 0 saturated carbocycles. The van der Waals surface area contributed by atoms with Gasteiger partial charge in [0.2, 0.25) is 5.91 Å². The smallest absolute Gasteiger partial charge is 0.225 e. The van der Waals surface area contributed by atoms with E-state index in [0.717, 1.165) is 16.9 Å². The molecular formula is C18H18N2O2. The van der Waals surface area contributed by atoms with Crippen LogP contribution in [-0.4, -0.2) is 11.0 Å². The van der Waals surface area contributed by atoms with E-state index in [1.165, 1.54) is 0 Å². The molecule has 0 radical (unpaired) electrons. The third-order valence-electron chi connectivity index (χ3n) is 3.10. The van der Waals surface area contributed by atoms with Crippen LogP contribution < -0.4 is 10.6 Å². The zero-order valence-electron chi connectivity index (χ0n) is 12.2. The van der Waals surface area contributed by atoms with Crippen molar-refractivity contribution in [2.45, 2.75) is 19.4 Å². The van der Waals surface area contributed by atoms with Crippen LogP contribution in [0, 0.1) is 12.3 Å². The van der Waals surface area contributed by atoms with E-state index in [1.54, 1.807) is 12.1 Å². The highest BCUT2D eigenvalue weighted by atomic mass is 16.3. The molecular weight excluding hydrogens is 276 g/mol. The molecule has 3 N–H and O–H groups in total. The molecule has 0 unspecified atom stereocenters. The van der Waals surface area contributed by atoms with Crippen molar-refractivity contribution in [1.82, 2.24) is 0 Å². The largest absolute Gasteiger partial charge is 0.508 e. The van der Waals surface area contributed by atoms with Gasteiger partial charge in [-0.1, -0.05) is 12.1 Å². The average molecular weight is 294 g/mol. The van der Waals surface area contributed by atoms with Crippen molar-refractivity contribution in [1.29, 1.82) is 0 Å². The highest BCUT2D eigenvalue weighted by Gasteiger charge is 2.01. The molecule has 0 aliphatic rings. The van der Waals surface area contributed by atoms with Crippen LogP contribution in [0.25, 0.3) is 0 Å². The predicted molar refractivity (Wildman–Crippen MR) is 88.6 cm³/mol. The minimum absolute atomic E-state index is 0.0808. The van der Waals surface area contributed by atoms with Crippen molar-refractivity contribution < 1.29 is 9.90 Å². The number of anilines is 2. The first-order valence-electron chi connectivity index (χ1n) is 7.02. The third kappa shape index (κ3) is 4.88. The van der Waals surface area contributed by atoms with Gasteiger partial charge in [0.1, 0.15) is 5.75 Å². The zero-order valence-corrected chi connectivity index (χ0v) is 12.2. The Morgan fingerprint density at radius 1 is 1.05 bits per heavy atom. The second-order valence-electron chi connectivity index (χ2n) is 4.85. The molecule has 0 heterocycles. The van der Waals surface area contributed by atoms with Gasteiger partial charge in [0.15, 0.2) is 0 Å². The van der Waals surface area contributed by atoms with Crippen molar-refractivity contribution in [2.75, 3.05) is 10.6 Å². The first kappa shape index (κ1) is 15.5. The molecule has 0 aromatic heterocycles. The number of terminal acetylenes is 1. The van der Waals surface area contributed by atoms with Crippen molar-refractivity contribution in [3.63, 3.8) is 0 Å². The van der Waals surface area contributed by atoms with E-state index in [0.29, 0.717) is 19.4 Å². The number of phenols is 1. The summed E-state index contributed by atoms with van der Waals surface area (Å²) in [7, 11) is 0. The van der Waals surface area contributed by atoms with Gasteiger partial charge in [0, 0.05) is 30.8 Å². The minimum Gasteiger partial charge on any atom is -0.508 e. The van der Waals surface area contributed by atoms with Crippen LogP contribution in [0.5, 0.6) is 5.75 Å². The molecule has 22 heavy (non-hydrogen) atoms. The summed E-state index contributed by atoms with van der Waals surface area (Å²) in [5, 5.41) is 15.3. The Morgan fingerprint density at radius 2 is 1.68 bits per heavy atom. The number of hydrogen-bond acceptors (Lipinski definition) is 3. The SMILES string of the molecule is C#CCCC(=O)Nc1ccc(NCc2ccc(O)cc2)cc1. The molecule has 0 bridgehead atoms. The molecule has 0 fully saturated rings. The lowest BCUT2D eigenvalue weighted by Crippen LogP contribution is -2.10. The first-order chi connectivity index (χ1) is 10.7. The summed E-state index contributed by atoms with van der Waals surface area (Å²) in [5.41, 5.74) is 2.77. The maximum Gasteiger partial charge on any atom is 0.225 e. The quantitative estimate of drug-likeness (QED) is 0.716. The van der Waals surface area contributed by atoms with E-state index in [4.69, 9.17) is 6.42 Å². The molecule has 1 amide bonds. The Bertz CT molecular complexity index is 655. The maximum absolute atomic E-state index is 11.6. The van der Waals surface area contributed by atoms with Gasteiger partial charge in [-0.15, -0.1) is 12.3 Å². The van der Waals surface area contributed by atoms with Gasteiger partial charge in [-0.25, -0.2) is 0 Å². The van der Waals surface area contributed by atoms with Crippen LogP contribution in [0.2, 0.25) is 0 Å². The van der Waals surface area contributed by atoms with E-state index in [9.17, 15) is 9.90 Å². The van der Waals surface area contributed by atoms with Crippen LogP contribution in [0.1, 0.15) is 18.4 Å². The van der Waals surface area contributed by atoms with Crippen molar-refractivity contribution >= 4 is 17.3 Å². The van der Waals surface area contributed by atoms with Crippen LogP contribution in [-0.2, 0) is 11.3 Å². The number of carbonyl (C=O) groups is 1. The lowest BCUT2D eigenvalue weighted by Gasteiger charge is -2.08. The molecule has 0 aliphatic heterocycles. The topological polar surface area (TPSA) is 61.4 Å². The Hall–Kier alpha value is -2.93. The number of nitrogens with one attached hydrogen (secondary N) is 2. The number of benzene rings is 2. The summed E-state index contributed by atoms with van der Waals surface area (Å²) in [4.78, 5) is 11.6. The van der Waals surface area contributed by atoms with Crippen molar-refractivity contribution in [3.05, 3.63) is 54.1 Å². The summed E-state index contributed by atoms with van der Waals surface area (Å²) in [5.74, 6) is 2.62. The average Bonchev–Trinajstić information content (AvgIpc) is 2.54. The predicted octanol–water partition coefficient (Wildman–Crippen LogP) is 3.36. The lowest BCUT2D eigenvalue weighted by molar-refractivity contribution is -0.116. The highest BCUT2D eigenvalue weighted by Crippen LogP contribution is 2.16. The second-order valence-corrected chi connectivity index (χ2v) is 4.85. The van der Waals surface area contributed by atoms with Gasteiger partial charge in [0.05, 0.1) is 0 Å². The number of phenolic OH excluding ortho intramolecular Hbond substituents is 1. The summed E-state index contributed by atoms with van der Waals surface area (Å²) < 4.78 is 0. The van der Waals surface area contributed by atoms with Gasteiger partial charge in [-0.2, -0.15) is 0 Å². The van der Waals surface area contributed by atoms with Crippen LogP contribution >= 0.6 is 0 Å². The summed E-state index contributed by atoms with van der Waals surface area (Å²) in [6.45, 7) is 0.661. The minimum atomic E-state index is -0.0808. The van der Waals surface area contributed by atoms with Crippen molar-refractivity contribution in [2.24, 2.45) is 0 Å². The monoisotopic (exact) mass is 294 g/mol. The van der Waals surface area contributed by atoms with E-state index >= 15 is 0 Å². The summed E-state index contributed by atoms with van der Waals surface area (Å²) in [6.07, 6.45) is 5.90. The molecule has 2 rings (SSSR count). The maximum atomic E-state index is 11.6. The fourth-order valence-electron chi connectivity index (χ4n) is 1.90. The van der Waals surface area contributed by atoms with Gasteiger partial charge >= 0.3 is 0 Å². The Kier molecular flexibility index (Phi) is 5.44. The van der Waals surface area contributed by atoms with E-state index in [2.05, 4.69) is 16.6 Å². The van der Waals surface area contributed by atoms with E-state index in [-0.39, 0.29) is 11.7 Å². The molecule has 0 spiro atoms. The number of aromatic hydroxyl groups is 1. The second kappa shape index (κ2) is 7.75. The van der Waals surface area contributed by atoms with Crippen LogP contribution in [0.4, 0.5) is 11.4 Å². The Labute approximate surface area is 130 Å². The van der Waals surface area contributed by atoms with E-state index < -0.39 is 0 Å². The van der Waals surface area contributed by atoms with Gasteiger partial charge < -0.3 is 15.7 Å². The molecule has 2 aromatic carbocycles. The number of amides is 1. The Balaban J connectivity index is 1.85. The highest BCUT2D eigenvalue weighted by molar-refractivity contribution is 5.90. The molecule has 0 atom stereocenters. The van der Waals surface area contributed by atoms with Crippen LogP contribution in [0.15, 0.2) is 48.5 Å². The standard InChI is InChI=1S/C18H18N2O2/c1-2-3-4-18(22)20-16-9-7-15(8-10-16)19-13-14-5-11-17(21)12-6-14/h1,5-12,19,21H,3-4,13H2,(H,20,22). The van der Waals surface area contributed by atoms with Crippen molar-refractivity contribution in [3.8, 4) is 18.1 Å². The zero-order chi connectivity index (χ0) is 15.8. The molecule has 4 heteroatoms. The molecule has 4 nitrogen and oxygen atoms in total. The molecule has 2 aromatic rings. The summed E-state index contributed by atoms with van der Waals surface area (Å²) >= 11 is 0. The number of carbonyl (C=O) groups excluding carboxylic acids is 1. The molecule has 0 aliphatic carbocycles. The number of hydrogen-bond donors (Lipinski definition) is 3. The van der Waals surface area contributed by atoms with Gasteiger partial charge in [0.25, 0.3) is 0 Å². The van der Waals surface area contributed by atoms with E-state index in [1.807, 2.05) is 36.4 Å². The lowest BCUT2D eigenvalue weighted by atomic mass is 10.2. The van der Waals surface area contributed by atoms with Gasteiger partial charge in [-0.3, -0.25) is 4.79 Å². The fourth-order valence-corrected chi connectivity index (χ4v) is 1.90. The molecule has 0 saturated heterocycles. The van der Waals surface area contributed by atoms with Gasteiger partial charge in [-0.05, 0) is 42.0 Å². The van der Waals surface area contributed by atoms with Crippen LogP contribution in [0.3, 0.4) is 0 Å².